The minimum Gasteiger partial charge on any atom is -0.507 e. The minimum absolute atomic E-state index is 0.0480. The summed E-state index contributed by atoms with van der Waals surface area (Å²) >= 11 is 0. The number of fused-ring (bicyclic) bond motifs is 1. The molecule has 4 nitrogen and oxygen atoms in total. The fourth-order valence-electron chi connectivity index (χ4n) is 9.63. The summed E-state index contributed by atoms with van der Waals surface area (Å²) in [5, 5.41) is 12.7. The van der Waals surface area contributed by atoms with Crippen molar-refractivity contribution in [3.63, 3.8) is 0 Å². The number of phenols is 1. The zero-order chi connectivity index (χ0) is 50.1. The maximum absolute atomic E-state index is 12.7. The quantitative estimate of drug-likeness (QED) is 0.173. The van der Waals surface area contributed by atoms with E-state index in [1.54, 1.807) is 0 Å². The highest BCUT2D eigenvalue weighted by Crippen LogP contribution is 2.47. The van der Waals surface area contributed by atoms with Crippen LogP contribution in [0.25, 0.3) is 83.9 Å². The molecule has 70 heavy (non-hydrogen) atoms. The molecule has 354 valence electrons. The van der Waals surface area contributed by atoms with Crippen LogP contribution >= 0.6 is 0 Å². The third-order valence-electron chi connectivity index (χ3n) is 14.0. The average Bonchev–Trinajstić information content (AvgIpc) is 3.70. The molecular weight excluding hydrogens is 851 g/mol. The predicted molar refractivity (Wildman–Crippen MR) is 297 cm³/mol. The van der Waals surface area contributed by atoms with Gasteiger partial charge in [-0.05, 0) is 140 Å². The second-order valence-corrected chi connectivity index (χ2v) is 23.6. The first-order chi connectivity index (χ1) is 33.0. The maximum atomic E-state index is 12.7. The first-order valence-electron chi connectivity index (χ1n) is 24.9. The Morgan fingerprint density at radius 3 is 1.69 bits per heavy atom. The molecule has 0 atom stereocenters. The van der Waals surface area contributed by atoms with Crippen LogP contribution in [-0.2, 0) is 21.7 Å². The lowest BCUT2D eigenvalue weighted by atomic mass is 9.79. The van der Waals surface area contributed by atoms with Gasteiger partial charge in [0.1, 0.15) is 11.6 Å². The van der Waals surface area contributed by atoms with E-state index in [2.05, 4.69) is 253 Å². The highest BCUT2D eigenvalue weighted by atomic mass is 16.3. The molecule has 1 N–H and O–H groups in total. The molecule has 7 aromatic carbocycles. The molecule has 0 unspecified atom stereocenters. The van der Waals surface area contributed by atoms with Gasteiger partial charge in [0.25, 0.3) is 0 Å². The number of benzene rings is 7. The Kier molecular flexibility index (Phi) is 12.2. The predicted octanol–water partition coefficient (Wildman–Crippen LogP) is 17.9. The van der Waals surface area contributed by atoms with Crippen molar-refractivity contribution in [3.05, 3.63) is 191 Å². The summed E-state index contributed by atoms with van der Waals surface area (Å²) in [4.78, 5) is 10.7. The number of rotatable bonds is 7. The molecule has 9 aromatic rings. The van der Waals surface area contributed by atoms with Gasteiger partial charge in [-0.2, -0.15) is 0 Å². The van der Waals surface area contributed by atoms with Gasteiger partial charge in [0.2, 0.25) is 0 Å². The van der Waals surface area contributed by atoms with Crippen LogP contribution in [0, 0.1) is 13.8 Å². The van der Waals surface area contributed by atoms with E-state index in [1.165, 1.54) is 27.8 Å². The molecule has 0 bridgehead atoms. The standard InChI is InChI=1S/C66H69N3O/c1-41-23-25-43(26-24-41)46-31-32-67-57(37-46)48-34-47(35-50(36-48)64(6,7)8)52-21-18-22-58-60(52)68-62(55-38-51(65(9,10)11)39-56(61(55)70)66(12,13)14)69(58)59-33-42(2)53(40-54(59)44-19-16-15-17-20-44)45-27-29-49(30-28-45)63(3,4)5/h15-40,70H,1-14H3. The molecule has 0 aliphatic rings. The van der Waals surface area contributed by atoms with Gasteiger partial charge in [0.05, 0.1) is 28.0 Å². The molecule has 0 fully saturated rings. The van der Waals surface area contributed by atoms with Gasteiger partial charge < -0.3 is 5.11 Å². The Hall–Kier alpha value is -7.04. The monoisotopic (exact) mass is 920 g/mol. The number of nitrogens with zero attached hydrogens (tertiary/aromatic N) is 3. The molecule has 0 saturated carbocycles. The zero-order valence-corrected chi connectivity index (χ0v) is 43.8. The van der Waals surface area contributed by atoms with Gasteiger partial charge >= 0.3 is 0 Å². The van der Waals surface area contributed by atoms with E-state index in [1.807, 2.05) is 6.20 Å². The van der Waals surface area contributed by atoms with Crippen LogP contribution in [0.4, 0.5) is 0 Å². The van der Waals surface area contributed by atoms with Crippen molar-refractivity contribution in [2.75, 3.05) is 0 Å². The van der Waals surface area contributed by atoms with Gasteiger partial charge in [-0.1, -0.05) is 192 Å². The van der Waals surface area contributed by atoms with Crippen molar-refractivity contribution in [1.82, 2.24) is 14.5 Å². The zero-order valence-electron chi connectivity index (χ0n) is 43.8. The summed E-state index contributed by atoms with van der Waals surface area (Å²) in [7, 11) is 0. The number of aryl methyl sites for hydroxylation is 2. The van der Waals surface area contributed by atoms with Gasteiger partial charge in [-0.15, -0.1) is 0 Å². The third kappa shape index (κ3) is 9.37. The summed E-state index contributed by atoms with van der Waals surface area (Å²) in [6, 6.07) is 55.2. The Morgan fingerprint density at radius 1 is 0.429 bits per heavy atom. The molecule has 0 aliphatic heterocycles. The number of para-hydroxylation sites is 1. The van der Waals surface area contributed by atoms with Crippen LogP contribution in [0.2, 0.25) is 0 Å². The topological polar surface area (TPSA) is 50.9 Å². The van der Waals surface area contributed by atoms with E-state index in [-0.39, 0.29) is 27.4 Å². The SMILES string of the molecule is Cc1ccc(-c2ccnc(-c3cc(-c4cccc5c4nc(-c4cc(C(C)(C)C)cc(C(C)(C)C)c4O)n5-c4cc(C)c(-c5ccc(C(C)(C)C)cc5)cc4-c4ccccc4)cc(C(C)(C)C)c3)c2)cc1. The van der Waals surface area contributed by atoms with Gasteiger partial charge in [0.15, 0.2) is 0 Å². The molecule has 2 heterocycles. The Bertz CT molecular complexity index is 3400. The van der Waals surface area contributed by atoms with Crippen LogP contribution in [0.15, 0.2) is 158 Å². The molecule has 0 radical (unpaired) electrons. The van der Waals surface area contributed by atoms with E-state index >= 15 is 0 Å². The molecule has 0 spiro atoms. The fraction of sp³-hybridized carbons (Fsp3) is 0.273. The lowest BCUT2D eigenvalue weighted by molar-refractivity contribution is 0.446. The van der Waals surface area contributed by atoms with Crippen molar-refractivity contribution in [2.45, 2.75) is 119 Å². The number of phenolic OH excluding ortho intramolecular Hbond substituents is 1. The number of hydrogen-bond donors (Lipinski definition) is 1. The lowest BCUT2D eigenvalue weighted by Crippen LogP contribution is -2.17. The molecule has 9 rings (SSSR count). The lowest BCUT2D eigenvalue weighted by Gasteiger charge is -2.28. The third-order valence-corrected chi connectivity index (χ3v) is 14.0. The van der Waals surface area contributed by atoms with Crippen LogP contribution in [0.1, 0.15) is 116 Å². The van der Waals surface area contributed by atoms with Crippen LogP contribution in [0.3, 0.4) is 0 Å². The minimum atomic E-state index is -0.341. The van der Waals surface area contributed by atoms with Gasteiger partial charge in [0, 0.05) is 28.5 Å². The van der Waals surface area contributed by atoms with Crippen molar-refractivity contribution < 1.29 is 5.11 Å². The van der Waals surface area contributed by atoms with Crippen molar-refractivity contribution in [3.8, 4) is 78.6 Å². The van der Waals surface area contributed by atoms with Crippen LogP contribution in [0.5, 0.6) is 5.75 Å². The Labute approximate surface area is 417 Å². The van der Waals surface area contributed by atoms with Crippen molar-refractivity contribution >= 4 is 11.0 Å². The van der Waals surface area contributed by atoms with E-state index < -0.39 is 0 Å². The number of hydrogen-bond acceptors (Lipinski definition) is 3. The summed E-state index contributed by atoms with van der Waals surface area (Å²) in [6.07, 6.45) is 1.92. The van der Waals surface area contributed by atoms with Crippen molar-refractivity contribution in [1.29, 1.82) is 0 Å². The molecular formula is C66H69N3O. The molecule has 0 amide bonds. The van der Waals surface area contributed by atoms with Gasteiger partial charge in [-0.25, -0.2) is 4.98 Å². The Balaban J connectivity index is 1.36. The second-order valence-electron chi connectivity index (χ2n) is 23.6. The van der Waals surface area contributed by atoms with Crippen LogP contribution in [-0.4, -0.2) is 19.6 Å². The van der Waals surface area contributed by atoms with E-state index in [0.29, 0.717) is 11.4 Å². The maximum Gasteiger partial charge on any atom is 0.149 e. The molecule has 0 saturated heterocycles. The first-order valence-corrected chi connectivity index (χ1v) is 24.9. The first kappa shape index (κ1) is 48.0. The summed E-state index contributed by atoms with van der Waals surface area (Å²) in [5.41, 5.74) is 20.6. The van der Waals surface area contributed by atoms with E-state index in [9.17, 15) is 5.11 Å². The summed E-state index contributed by atoms with van der Waals surface area (Å²) in [6.45, 7) is 31.2. The number of imidazole rings is 1. The summed E-state index contributed by atoms with van der Waals surface area (Å²) < 4.78 is 2.32. The van der Waals surface area contributed by atoms with Crippen LogP contribution < -0.4 is 0 Å². The normalized spacial score (nSPS) is 12.5. The van der Waals surface area contributed by atoms with Gasteiger partial charge in [-0.3, -0.25) is 9.55 Å². The number of aromatic hydroxyl groups is 1. The molecule has 0 aliphatic carbocycles. The average molecular weight is 920 g/mol. The number of aromatic nitrogens is 3. The molecule has 2 aromatic heterocycles. The smallest absolute Gasteiger partial charge is 0.149 e. The highest BCUT2D eigenvalue weighted by Gasteiger charge is 2.30. The van der Waals surface area contributed by atoms with E-state index in [4.69, 9.17) is 9.97 Å². The van der Waals surface area contributed by atoms with Crippen molar-refractivity contribution in [2.24, 2.45) is 0 Å². The summed E-state index contributed by atoms with van der Waals surface area (Å²) in [5.74, 6) is 0.943. The highest BCUT2D eigenvalue weighted by molar-refractivity contribution is 5.98. The van der Waals surface area contributed by atoms with E-state index in [0.717, 1.165) is 78.0 Å². The second kappa shape index (κ2) is 17.7. The molecule has 4 heteroatoms. The Morgan fingerprint density at radius 2 is 1.04 bits per heavy atom. The number of pyridine rings is 1. The fourth-order valence-corrected chi connectivity index (χ4v) is 9.63. The largest absolute Gasteiger partial charge is 0.507 e.